The van der Waals surface area contributed by atoms with Crippen molar-refractivity contribution in [3.05, 3.63) is 29.3 Å². The fourth-order valence-corrected chi connectivity index (χ4v) is 4.45. The van der Waals surface area contributed by atoms with E-state index in [1.807, 2.05) is 13.8 Å². The van der Waals surface area contributed by atoms with Crippen molar-refractivity contribution in [2.75, 3.05) is 17.1 Å². The summed E-state index contributed by atoms with van der Waals surface area (Å²) in [6.07, 6.45) is 2.70. The van der Waals surface area contributed by atoms with Gasteiger partial charge < -0.3 is 5.32 Å². The second-order valence-corrected chi connectivity index (χ2v) is 10.9. The van der Waals surface area contributed by atoms with E-state index >= 15 is 0 Å². The van der Waals surface area contributed by atoms with E-state index in [0.29, 0.717) is 17.1 Å². The van der Waals surface area contributed by atoms with Crippen molar-refractivity contribution in [2.45, 2.75) is 59.4 Å². The Morgan fingerprint density at radius 1 is 1.19 bits per heavy atom. The molecule has 0 aromatic heterocycles. The lowest BCUT2D eigenvalue weighted by molar-refractivity contribution is -0.123. The molecule has 26 heavy (non-hydrogen) atoms. The molecule has 0 heterocycles. The highest BCUT2D eigenvalue weighted by Crippen LogP contribution is 2.27. The summed E-state index contributed by atoms with van der Waals surface area (Å²) in [6, 6.07) is 6.70. The summed E-state index contributed by atoms with van der Waals surface area (Å²) in [5.74, 6) is -0.0706. The first-order valence-electron chi connectivity index (χ1n) is 8.74. The fourth-order valence-electron chi connectivity index (χ4n) is 3.31. The lowest BCUT2D eigenvalue weighted by atomic mass is 9.82. The Labute approximate surface area is 163 Å². The zero-order valence-electron chi connectivity index (χ0n) is 16.6. The van der Waals surface area contributed by atoms with Gasteiger partial charge in [-0.3, -0.25) is 9.10 Å². The SMILES string of the molecule is CC(C)(C)CC(C)(C)NC(=O)CCCN(c1cccc(Cl)c1)S(C)(=O)=O. The van der Waals surface area contributed by atoms with Crippen LogP contribution in [0.4, 0.5) is 5.69 Å². The molecule has 0 fully saturated rings. The maximum atomic E-state index is 12.3. The van der Waals surface area contributed by atoms with Crippen LogP contribution in [0.1, 0.15) is 53.9 Å². The van der Waals surface area contributed by atoms with Crippen molar-refractivity contribution >= 4 is 33.2 Å². The van der Waals surface area contributed by atoms with Crippen LogP contribution in [0.5, 0.6) is 0 Å². The molecule has 1 rings (SSSR count). The van der Waals surface area contributed by atoms with Gasteiger partial charge in [0.1, 0.15) is 0 Å². The molecule has 0 unspecified atom stereocenters. The van der Waals surface area contributed by atoms with Crippen molar-refractivity contribution in [3.8, 4) is 0 Å². The molecule has 0 saturated heterocycles. The normalized spacial score (nSPS) is 12.7. The van der Waals surface area contributed by atoms with Crippen LogP contribution < -0.4 is 9.62 Å². The summed E-state index contributed by atoms with van der Waals surface area (Å²) in [5, 5.41) is 3.52. The molecule has 0 atom stereocenters. The Balaban J connectivity index is 2.67. The molecule has 1 aromatic rings. The van der Waals surface area contributed by atoms with Gasteiger partial charge in [0, 0.05) is 23.5 Å². The Bertz CT molecular complexity index is 725. The standard InChI is InChI=1S/C19H31ClN2O3S/c1-18(2,3)14-19(4,5)21-17(23)11-8-12-22(26(6,24)25)16-10-7-9-15(20)13-16/h7,9-10,13H,8,11-12,14H2,1-6H3,(H,21,23). The number of hydrogen-bond donors (Lipinski definition) is 1. The lowest BCUT2D eigenvalue weighted by Crippen LogP contribution is -2.46. The van der Waals surface area contributed by atoms with Gasteiger partial charge in [0.25, 0.3) is 0 Å². The Morgan fingerprint density at radius 3 is 2.31 bits per heavy atom. The van der Waals surface area contributed by atoms with Crippen molar-refractivity contribution in [1.82, 2.24) is 5.32 Å². The molecule has 5 nitrogen and oxygen atoms in total. The van der Waals surface area contributed by atoms with Gasteiger partial charge in [0.2, 0.25) is 15.9 Å². The molecular formula is C19H31ClN2O3S. The second kappa shape index (κ2) is 8.61. The monoisotopic (exact) mass is 402 g/mol. The van der Waals surface area contributed by atoms with E-state index in [4.69, 9.17) is 11.6 Å². The van der Waals surface area contributed by atoms with Crippen LogP contribution >= 0.6 is 11.6 Å². The summed E-state index contributed by atoms with van der Waals surface area (Å²) >= 11 is 5.96. The summed E-state index contributed by atoms with van der Waals surface area (Å²) in [6.45, 7) is 10.6. The zero-order chi connectivity index (χ0) is 20.2. The fraction of sp³-hybridized carbons (Fsp3) is 0.632. The van der Waals surface area contributed by atoms with Crippen LogP contribution in [-0.4, -0.2) is 32.7 Å². The highest BCUT2D eigenvalue weighted by Gasteiger charge is 2.27. The molecule has 1 amide bonds. The van der Waals surface area contributed by atoms with E-state index < -0.39 is 10.0 Å². The summed E-state index contributed by atoms with van der Waals surface area (Å²) in [7, 11) is -3.45. The van der Waals surface area contributed by atoms with Crippen LogP contribution in [0.2, 0.25) is 5.02 Å². The van der Waals surface area contributed by atoms with Crippen molar-refractivity contribution in [3.63, 3.8) is 0 Å². The highest BCUT2D eigenvalue weighted by molar-refractivity contribution is 7.92. The minimum Gasteiger partial charge on any atom is -0.351 e. The summed E-state index contributed by atoms with van der Waals surface area (Å²) in [4.78, 5) is 12.3. The van der Waals surface area contributed by atoms with Gasteiger partial charge in [-0.25, -0.2) is 8.42 Å². The zero-order valence-corrected chi connectivity index (χ0v) is 18.2. The molecule has 0 aliphatic carbocycles. The molecular weight excluding hydrogens is 372 g/mol. The van der Waals surface area contributed by atoms with Gasteiger partial charge in [0.05, 0.1) is 11.9 Å². The van der Waals surface area contributed by atoms with Crippen molar-refractivity contribution < 1.29 is 13.2 Å². The van der Waals surface area contributed by atoms with Gasteiger partial charge in [-0.1, -0.05) is 38.4 Å². The average molecular weight is 403 g/mol. The van der Waals surface area contributed by atoms with Crippen LogP contribution in [0, 0.1) is 5.41 Å². The Hall–Kier alpha value is -1.27. The summed E-state index contributed by atoms with van der Waals surface area (Å²) < 4.78 is 25.5. The molecule has 0 saturated carbocycles. The molecule has 1 aromatic carbocycles. The van der Waals surface area contributed by atoms with E-state index in [0.717, 1.165) is 12.7 Å². The molecule has 7 heteroatoms. The first-order valence-corrected chi connectivity index (χ1v) is 11.0. The topological polar surface area (TPSA) is 66.5 Å². The maximum absolute atomic E-state index is 12.3. The van der Waals surface area contributed by atoms with Gasteiger partial charge >= 0.3 is 0 Å². The average Bonchev–Trinajstić information content (AvgIpc) is 2.38. The number of carbonyl (C=O) groups excluding carboxylic acids is 1. The Kier molecular flexibility index (Phi) is 7.54. The molecule has 1 N–H and O–H groups in total. The number of carbonyl (C=O) groups is 1. The van der Waals surface area contributed by atoms with Gasteiger partial charge in [-0.05, 0) is 50.3 Å². The number of amides is 1. The quantitative estimate of drug-likeness (QED) is 0.707. The van der Waals surface area contributed by atoms with Crippen molar-refractivity contribution in [2.24, 2.45) is 5.41 Å². The maximum Gasteiger partial charge on any atom is 0.232 e. The minimum atomic E-state index is -3.45. The van der Waals surface area contributed by atoms with Gasteiger partial charge in [-0.15, -0.1) is 0 Å². The third-order valence-corrected chi connectivity index (χ3v) is 5.14. The predicted molar refractivity (Wildman–Crippen MR) is 109 cm³/mol. The van der Waals surface area contributed by atoms with Crippen LogP contribution in [0.25, 0.3) is 0 Å². The third kappa shape index (κ3) is 8.41. The van der Waals surface area contributed by atoms with Crippen LogP contribution in [0.3, 0.4) is 0 Å². The molecule has 0 aliphatic rings. The smallest absolute Gasteiger partial charge is 0.232 e. The molecule has 148 valence electrons. The van der Waals surface area contributed by atoms with E-state index in [1.165, 1.54) is 4.31 Å². The first kappa shape index (κ1) is 22.8. The van der Waals surface area contributed by atoms with Crippen molar-refractivity contribution in [1.29, 1.82) is 0 Å². The third-order valence-electron chi connectivity index (χ3n) is 3.71. The van der Waals surface area contributed by atoms with Crippen LogP contribution in [0.15, 0.2) is 24.3 Å². The largest absolute Gasteiger partial charge is 0.351 e. The molecule has 0 spiro atoms. The first-order chi connectivity index (χ1) is 11.7. The number of nitrogens with one attached hydrogen (secondary N) is 1. The number of rotatable bonds is 8. The van der Waals surface area contributed by atoms with E-state index in [2.05, 4.69) is 26.1 Å². The number of anilines is 1. The molecule has 0 aliphatic heterocycles. The van der Waals surface area contributed by atoms with Gasteiger partial charge in [-0.2, -0.15) is 0 Å². The predicted octanol–water partition coefficient (Wildman–Crippen LogP) is 4.22. The number of benzene rings is 1. The van der Waals surface area contributed by atoms with E-state index in [9.17, 15) is 13.2 Å². The minimum absolute atomic E-state index is 0.0706. The number of hydrogen-bond acceptors (Lipinski definition) is 3. The lowest BCUT2D eigenvalue weighted by Gasteiger charge is -2.33. The number of nitrogens with zero attached hydrogens (tertiary/aromatic N) is 1. The van der Waals surface area contributed by atoms with E-state index in [-0.39, 0.29) is 29.8 Å². The van der Waals surface area contributed by atoms with Gasteiger partial charge in [0.15, 0.2) is 0 Å². The Morgan fingerprint density at radius 2 is 1.81 bits per heavy atom. The molecule has 0 radical (unpaired) electrons. The number of sulfonamides is 1. The second-order valence-electron chi connectivity index (χ2n) is 8.59. The highest BCUT2D eigenvalue weighted by atomic mass is 35.5. The van der Waals surface area contributed by atoms with E-state index in [1.54, 1.807) is 24.3 Å². The molecule has 0 bridgehead atoms. The number of halogens is 1. The van der Waals surface area contributed by atoms with Crippen LogP contribution in [-0.2, 0) is 14.8 Å². The summed E-state index contributed by atoms with van der Waals surface area (Å²) in [5.41, 5.74) is 0.309.